The molecule has 2 heterocycles. The van der Waals surface area contributed by atoms with E-state index in [1.54, 1.807) is 16.4 Å². The summed E-state index contributed by atoms with van der Waals surface area (Å²) in [5.74, 6) is -0.0198. The van der Waals surface area contributed by atoms with Gasteiger partial charge in [0, 0.05) is 37.1 Å². The van der Waals surface area contributed by atoms with Gasteiger partial charge in [0.1, 0.15) is 6.61 Å². The lowest BCUT2D eigenvalue weighted by atomic mass is 10.1. The van der Waals surface area contributed by atoms with Crippen LogP contribution in [0, 0.1) is 0 Å². The molecule has 8 heteroatoms. The van der Waals surface area contributed by atoms with Gasteiger partial charge in [-0.2, -0.15) is 4.31 Å². The van der Waals surface area contributed by atoms with Crippen molar-refractivity contribution in [2.75, 3.05) is 46.9 Å². The highest BCUT2D eigenvalue weighted by Crippen LogP contribution is 2.30. The molecule has 2 fully saturated rings. The zero-order valence-electron chi connectivity index (χ0n) is 18.9. The first-order valence-electron chi connectivity index (χ1n) is 11.4. The zero-order valence-corrected chi connectivity index (χ0v) is 19.8. The molecule has 2 aromatic carbocycles. The fourth-order valence-corrected chi connectivity index (χ4v) is 6.66. The molecule has 0 N–H and O–H groups in total. The molecule has 1 amide bonds. The summed E-state index contributed by atoms with van der Waals surface area (Å²) in [6.07, 6.45) is 3.50. The van der Waals surface area contributed by atoms with E-state index in [0.29, 0.717) is 17.5 Å². The van der Waals surface area contributed by atoms with Crippen molar-refractivity contribution in [1.82, 2.24) is 14.1 Å². The van der Waals surface area contributed by atoms with Crippen LogP contribution in [0.2, 0.25) is 0 Å². The van der Waals surface area contributed by atoms with Gasteiger partial charge in [-0.25, -0.2) is 8.42 Å². The molecular formula is C24H33N3O4S. The Balaban J connectivity index is 1.42. The monoisotopic (exact) mass is 459 g/mol. The number of fused-ring (bicyclic) bond motifs is 1. The summed E-state index contributed by atoms with van der Waals surface area (Å²) in [7, 11) is 0.393. The minimum atomic E-state index is -3.67. The maximum absolute atomic E-state index is 13.6. The molecule has 2 atom stereocenters. The Morgan fingerprint density at radius 1 is 1.06 bits per heavy atom. The molecule has 0 radical (unpaired) electrons. The molecular weight excluding hydrogens is 426 g/mol. The Bertz CT molecular complexity index is 1050. The minimum absolute atomic E-state index is 0.00119. The van der Waals surface area contributed by atoms with Gasteiger partial charge in [-0.1, -0.05) is 42.8 Å². The van der Waals surface area contributed by atoms with E-state index in [0.717, 1.165) is 49.5 Å². The molecule has 0 aliphatic carbocycles. The normalized spacial score (nSPS) is 22.7. The Morgan fingerprint density at radius 2 is 1.84 bits per heavy atom. The number of piperidine rings is 1. The fraction of sp³-hybridized carbons (Fsp3) is 0.542. The van der Waals surface area contributed by atoms with Crippen LogP contribution in [0.3, 0.4) is 0 Å². The number of likely N-dealkylation sites (tertiary alicyclic amines) is 1. The molecule has 32 heavy (non-hydrogen) atoms. The molecule has 4 rings (SSSR count). The number of hydrogen-bond donors (Lipinski definition) is 0. The van der Waals surface area contributed by atoms with Crippen molar-refractivity contribution in [3.8, 4) is 0 Å². The molecule has 0 aromatic heterocycles. The predicted octanol–water partition coefficient (Wildman–Crippen LogP) is 2.56. The minimum Gasteiger partial charge on any atom is -0.370 e. The average molecular weight is 460 g/mol. The number of benzene rings is 2. The van der Waals surface area contributed by atoms with Crippen molar-refractivity contribution in [2.24, 2.45) is 0 Å². The van der Waals surface area contributed by atoms with Crippen LogP contribution in [0.4, 0.5) is 0 Å². The van der Waals surface area contributed by atoms with Crippen molar-refractivity contribution in [3.63, 3.8) is 0 Å². The maximum Gasteiger partial charge on any atom is 0.248 e. The van der Waals surface area contributed by atoms with Crippen molar-refractivity contribution >= 4 is 26.7 Å². The van der Waals surface area contributed by atoms with Crippen LogP contribution in [0.25, 0.3) is 10.8 Å². The molecule has 174 valence electrons. The topological polar surface area (TPSA) is 70.2 Å². The molecule has 2 unspecified atom stereocenters. The summed E-state index contributed by atoms with van der Waals surface area (Å²) in [4.78, 5) is 16.9. The Morgan fingerprint density at radius 3 is 2.62 bits per heavy atom. The molecule has 2 aromatic rings. The third-order valence-electron chi connectivity index (χ3n) is 6.69. The van der Waals surface area contributed by atoms with E-state index in [1.807, 2.05) is 49.3 Å². The number of ether oxygens (including phenoxy) is 1. The van der Waals surface area contributed by atoms with Gasteiger partial charge in [0.05, 0.1) is 11.5 Å². The lowest BCUT2D eigenvalue weighted by Gasteiger charge is -2.34. The van der Waals surface area contributed by atoms with Gasteiger partial charge < -0.3 is 14.5 Å². The quantitative estimate of drug-likeness (QED) is 0.637. The van der Waals surface area contributed by atoms with Crippen LogP contribution in [0.15, 0.2) is 47.4 Å². The van der Waals surface area contributed by atoms with Crippen LogP contribution < -0.4 is 0 Å². The van der Waals surface area contributed by atoms with Crippen LogP contribution >= 0.6 is 0 Å². The number of nitrogens with zero attached hydrogens (tertiary/aromatic N) is 3. The van der Waals surface area contributed by atoms with Crippen LogP contribution in [-0.4, -0.2) is 87.5 Å². The van der Waals surface area contributed by atoms with Gasteiger partial charge in [0.15, 0.2) is 0 Å². The van der Waals surface area contributed by atoms with E-state index in [-0.39, 0.29) is 25.2 Å². The molecule has 0 spiro atoms. The van der Waals surface area contributed by atoms with Crippen molar-refractivity contribution in [2.45, 2.75) is 42.7 Å². The maximum atomic E-state index is 13.6. The first-order valence-corrected chi connectivity index (χ1v) is 12.8. The highest BCUT2D eigenvalue weighted by Gasteiger charge is 2.35. The summed E-state index contributed by atoms with van der Waals surface area (Å²) in [5.41, 5.74) is 0. The summed E-state index contributed by atoms with van der Waals surface area (Å²) in [5, 5.41) is 1.64. The summed E-state index contributed by atoms with van der Waals surface area (Å²) < 4.78 is 34.6. The number of rotatable bonds is 7. The lowest BCUT2D eigenvalue weighted by molar-refractivity contribution is -0.135. The number of hydrogen-bond acceptors (Lipinski definition) is 5. The van der Waals surface area contributed by atoms with Crippen molar-refractivity contribution in [3.05, 3.63) is 42.5 Å². The smallest absolute Gasteiger partial charge is 0.248 e. The number of carbonyl (C=O) groups is 1. The van der Waals surface area contributed by atoms with Gasteiger partial charge in [0.25, 0.3) is 0 Å². The first-order chi connectivity index (χ1) is 15.4. The van der Waals surface area contributed by atoms with Gasteiger partial charge in [-0.3, -0.25) is 4.79 Å². The second kappa shape index (κ2) is 9.87. The second-order valence-electron chi connectivity index (χ2n) is 9.00. The molecule has 2 aliphatic rings. The summed E-state index contributed by atoms with van der Waals surface area (Å²) in [6.45, 7) is 2.18. The van der Waals surface area contributed by atoms with E-state index < -0.39 is 10.0 Å². The number of sulfonamides is 1. The highest BCUT2D eigenvalue weighted by molar-refractivity contribution is 7.89. The summed E-state index contributed by atoms with van der Waals surface area (Å²) >= 11 is 0. The van der Waals surface area contributed by atoms with Crippen LogP contribution in [-0.2, 0) is 19.6 Å². The molecule has 2 saturated heterocycles. The van der Waals surface area contributed by atoms with E-state index in [4.69, 9.17) is 4.74 Å². The third kappa shape index (κ3) is 4.83. The molecule has 0 bridgehead atoms. The van der Waals surface area contributed by atoms with E-state index in [2.05, 4.69) is 4.90 Å². The summed E-state index contributed by atoms with van der Waals surface area (Å²) in [6, 6.07) is 13.1. The van der Waals surface area contributed by atoms with Gasteiger partial charge >= 0.3 is 0 Å². The third-order valence-corrected chi connectivity index (χ3v) is 8.70. The van der Waals surface area contributed by atoms with E-state index in [1.165, 1.54) is 0 Å². The Kier molecular flexibility index (Phi) is 7.14. The number of amides is 1. The molecule has 7 nitrogen and oxygen atoms in total. The van der Waals surface area contributed by atoms with E-state index in [9.17, 15) is 13.2 Å². The first kappa shape index (κ1) is 23.2. The Hall–Kier alpha value is -2.00. The second-order valence-corrected chi connectivity index (χ2v) is 10.9. The number of carbonyl (C=O) groups excluding carboxylic acids is 1. The number of likely N-dealkylation sites (N-methyl/N-ethyl adjacent to an activating group) is 1. The molecule has 2 aliphatic heterocycles. The zero-order chi connectivity index (χ0) is 22.7. The largest absolute Gasteiger partial charge is 0.370 e. The fourth-order valence-electron chi connectivity index (χ4n) is 4.77. The van der Waals surface area contributed by atoms with Crippen molar-refractivity contribution < 1.29 is 17.9 Å². The standard InChI is InChI=1S/C24H33N3O4S/c1-25(2)20-13-15-26(16-20)24(28)18-31-17-21-10-5-6-14-27(21)32(29,30)23-12-7-9-19-8-3-4-11-22(19)23/h3-4,7-9,11-12,20-21H,5-6,10,13-18H2,1-2H3. The average Bonchev–Trinajstić information content (AvgIpc) is 3.30. The Labute approximate surface area is 191 Å². The lowest BCUT2D eigenvalue weighted by Crippen LogP contribution is -2.46. The van der Waals surface area contributed by atoms with Crippen LogP contribution in [0.5, 0.6) is 0 Å². The molecule has 0 saturated carbocycles. The van der Waals surface area contributed by atoms with Crippen molar-refractivity contribution in [1.29, 1.82) is 0 Å². The predicted molar refractivity (Wildman–Crippen MR) is 125 cm³/mol. The van der Waals surface area contributed by atoms with Gasteiger partial charge in [0.2, 0.25) is 15.9 Å². The van der Waals surface area contributed by atoms with E-state index >= 15 is 0 Å². The van der Waals surface area contributed by atoms with Gasteiger partial charge in [-0.05, 0) is 44.8 Å². The SMILES string of the molecule is CN(C)C1CCN(C(=O)COCC2CCCCN2S(=O)(=O)c2cccc3ccccc23)C1. The van der Waals surface area contributed by atoms with Crippen LogP contribution in [0.1, 0.15) is 25.7 Å². The van der Waals surface area contributed by atoms with Gasteiger partial charge in [-0.15, -0.1) is 0 Å². The highest BCUT2D eigenvalue weighted by atomic mass is 32.2.